The second kappa shape index (κ2) is 8.57. The van der Waals surface area contributed by atoms with Crippen molar-refractivity contribution in [2.45, 2.75) is 13.8 Å². The fourth-order valence-electron chi connectivity index (χ4n) is 3.83. The van der Waals surface area contributed by atoms with Crippen LogP contribution in [0, 0.1) is 0 Å². The van der Waals surface area contributed by atoms with Crippen LogP contribution < -0.4 is 4.67 Å². The summed E-state index contributed by atoms with van der Waals surface area (Å²) in [5, 5.41) is 0. The summed E-state index contributed by atoms with van der Waals surface area (Å²) < 4.78 is 5.25. The third kappa shape index (κ3) is 3.62. The van der Waals surface area contributed by atoms with Gasteiger partial charge in [0, 0.05) is 13.1 Å². The summed E-state index contributed by atoms with van der Waals surface area (Å²) in [6.07, 6.45) is 0. The van der Waals surface area contributed by atoms with Crippen LogP contribution in [0.25, 0.3) is 0 Å². The summed E-state index contributed by atoms with van der Waals surface area (Å²) in [4.78, 5) is 52.6. The first-order valence-corrected chi connectivity index (χ1v) is 11.4. The number of fused-ring (bicyclic) bond motifs is 1. The molecule has 1 atom stereocenters. The van der Waals surface area contributed by atoms with Gasteiger partial charge in [0.25, 0.3) is 17.7 Å². The minimum atomic E-state index is -1.45. The quantitative estimate of drug-likeness (QED) is 0.512. The molecular weight excluding hydrogens is 415 g/mol. The van der Waals surface area contributed by atoms with Gasteiger partial charge in [-0.15, -0.1) is 0 Å². The molecule has 1 saturated heterocycles. The molecule has 1 fully saturated rings. The Morgan fingerprint density at radius 2 is 1.45 bits per heavy atom. The number of imide groups is 1. The summed E-state index contributed by atoms with van der Waals surface area (Å²) in [5.74, 6) is -1.56. The Morgan fingerprint density at radius 1 is 0.903 bits per heavy atom. The Kier molecular flexibility index (Phi) is 5.85. The van der Waals surface area contributed by atoms with Crippen LogP contribution in [0.15, 0.2) is 54.6 Å². The van der Waals surface area contributed by atoms with Crippen LogP contribution in [0.2, 0.25) is 0 Å². The van der Waals surface area contributed by atoms with Gasteiger partial charge in [-0.25, -0.2) is 4.67 Å². The molecule has 31 heavy (non-hydrogen) atoms. The van der Waals surface area contributed by atoms with E-state index in [0.29, 0.717) is 24.2 Å². The SMILES string of the molecule is CCN(CC)P1N(C(=O)CN2C(=O)c3ccccc3C2=O)CC(=O)N1c1ccccc1. The summed E-state index contributed by atoms with van der Waals surface area (Å²) >= 11 is 0. The third-order valence-corrected chi connectivity index (χ3v) is 8.04. The summed E-state index contributed by atoms with van der Waals surface area (Å²) in [6.45, 7) is 4.78. The van der Waals surface area contributed by atoms with E-state index in [2.05, 4.69) is 4.67 Å². The number of carbonyl (C=O) groups is 4. The van der Waals surface area contributed by atoms with Crippen LogP contribution >= 0.6 is 8.37 Å². The Bertz CT molecular complexity index is 1010. The number of para-hydroxylation sites is 1. The summed E-state index contributed by atoms with van der Waals surface area (Å²) in [6, 6.07) is 15.8. The van der Waals surface area contributed by atoms with Crippen molar-refractivity contribution in [3.8, 4) is 0 Å². The van der Waals surface area contributed by atoms with E-state index in [1.807, 2.05) is 44.2 Å². The zero-order valence-corrected chi connectivity index (χ0v) is 18.3. The molecule has 8 nitrogen and oxygen atoms in total. The average Bonchev–Trinajstić information content (AvgIpc) is 3.25. The van der Waals surface area contributed by atoms with Gasteiger partial charge in [-0.3, -0.25) is 33.4 Å². The van der Waals surface area contributed by atoms with Gasteiger partial charge in [-0.2, -0.15) is 0 Å². The summed E-state index contributed by atoms with van der Waals surface area (Å²) in [7, 11) is -1.45. The fraction of sp³-hybridized carbons (Fsp3) is 0.273. The number of hydrogen-bond donors (Lipinski definition) is 0. The molecule has 2 aliphatic heterocycles. The van der Waals surface area contributed by atoms with E-state index in [0.717, 1.165) is 10.6 Å². The van der Waals surface area contributed by atoms with Gasteiger partial charge in [0.1, 0.15) is 13.1 Å². The molecule has 0 radical (unpaired) electrons. The van der Waals surface area contributed by atoms with Gasteiger partial charge in [-0.1, -0.05) is 44.2 Å². The lowest BCUT2D eigenvalue weighted by atomic mass is 10.1. The Labute approximate surface area is 181 Å². The molecule has 2 aliphatic rings. The van der Waals surface area contributed by atoms with Gasteiger partial charge in [-0.05, 0) is 24.3 Å². The molecule has 0 bridgehead atoms. The number of benzene rings is 2. The number of anilines is 1. The molecule has 1 unspecified atom stereocenters. The zero-order chi connectivity index (χ0) is 22.1. The van der Waals surface area contributed by atoms with E-state index < -0.39 is 26.1 Å². The predicted octanol–water partition coefficient (Wildman–Crippen LogP) is 2.73. The highest BCUT2D eigenvalue weighted by Crippen LogP contribution is 2.54. The molecule has 0 aromatic heterocycles. The highest BCUT2D eigenvalue weighted by molar-refractivity contribution is 7.57. The van der Waals surface area contributed by atoms with Gasteiger partial charge in [0.15, 0.2) is 8.37 Å². The topological polar surface area (TPSA) is 81.2 Å². The highest BCUT2D eigenvalue weighted by Gasteiger charge is 2.46. The molecule has 0 spiro atoms. The number of hydrogen-bond acceptors (Lipinski definition) is 5. The minimum Gasteiger partial charge on any atom is -0.280 e. The lowest BCUT2D eigenvalue weighted by molar-refractivity contribution is -0.129. The van der Waals surface area contributed by atoms with Gasteiger partial charge in [0.05, 0.1) is 16.8 Å². The maximum atomic E-state index is 13.3. The van der Waals surface area contributed by atoms with E-state index in [-0.39, 0.29) is 19.0 Å². The second-order valence-electron chi connectivity index (χ2n) is 7.14. The van der Waals surface area contributed by atoms with Crippen molar-refractivity contribution in [1.29, 1.82) is 0 Å². The molecule has 4 amide bonds. The monoisotopic (exact) mass is 438 g/mol. The van der Waals surface area contributed by atoms with E-state index in [9.17, 15) is 19.2 Å². The van der Waals surface area contributed by atoms with Crippen LogP contribution in [0.3, 0.4) is 0 Å². The normalized spacial score (nSPS) is 18.4. The van der Waals surface area contributed by atoms with Crippen LogP contribution in [0.1, 0.15) is 34.6 Å². The van der Waals surface area contributed by atoms with Crippen LogP contribution in [-0.2, 0) is 9.59 Å². The van der Waals surface area contributed by atoms with Crippen molar-refractivity contribution in [3.05, 3.63) is 65.7 Å². The van der Waals surface area contributed by atoms with Crippen LogP contribution in [-0.4, -0.2) is 64.0 Å². The second-order valence-corrected chi connectivity index (χ2v) is 9.13. The van der Waals surface area contributed by atoms with Crippen molar-refractivity contribution in [1.82, 2.24) is 14.2 Å². The van der Waals surface area contributed by atoms with Gasteiger partial charge >= 0.3 is 0 Å². The molecule has 9 heteroatoms. The molecule has 2 aromatic rings. The first kappa shape index (κ1) is 21.2. The Morgan fingerprint density at radius 3 is 2.00 bits per heavy atom. The molecule has 2 heterocycles. The van der Waals surface area contributed by atoms with E-state index >= 15 is 0 Å². The number of nitrogens with zero attached hydrogens (tertiary/aromatic N) is 4. The molecule has 0 N–H and O–H groups in total. The molecule has 160 valence electrons. The van der Waals surface area contributed by atoms with Crippen molar-refractivity contribution in [2.24, 2.45) is 0 Å². The lowest BCUT2D eigenvalue weighted by Crippen LogP contribution is -2.42. The predicted molar refractivity (Wildman–Crippen MR) is 117 cm³/mol. The van der Waals surface area contributed by atoms with Crippen LogP contribution in [0.5, 0.6) is 0 Å². The van der Waals surface area contributed by atoms with Crippen molar-refractivity contribution in [2.75, 3.05) is 30.8 Å². The Balaban J connectivity index is 1.62. The maximum absolute atomic E-state index is 13.3. The molecular formula is C22H23N4O4P. The molecule has 0 saturated carbocycles. The fourth-order valence-corrected chi connectivity index (χ4v) is 6.22. The molecule has 4 rings (SSSR count). The number of amides is 4. The summed E-state index contributed by atoms with van der Waals surface area (Å²) in [5.41, 5.74) is 1.32. The van der Waals surface area contributed by atoms with Crippen molar-refractivity contribution < 1.29 is 19.2 Å². The van der Waals surface area contributed by atoms with E-state index in [4.69, 9.17) is 0 Å². The lowest BCUT2D eigenvalue weighted by Gasteiger charge is -2.36. The van der Waals surface area contributed by atoms with Crippen molar-refractivity contribution in [3.63, 3.8) is 0 Å². The first-order valence-electron chi connectivity index (χ1n) is 10.2. The maximum Gasteiger partial charge on any atom is 0.262 e. The Hall–Kier alpha value is -3.09. The minimum absolute atomic E-state index is 0.0842. The van der Waals surface area contributed by atoms with Crippen molar-refractivity contribution >= 4 is 37.7 Å². The zero-order valence-electron chi connectivity index (χ0n) is 17.4. The highest BCUT2D eigenvalue weighted by atomic mass is 31.2. The largest absolute Gasteiger partial charge is 0.280 e. The molecule has 2 aromatic carbocycles. The van der Waals surface area contributed by atoms with Crippen LogP contribution in [0.4, 0.5) is 5.69 Å². The van der Waals surface area contributed by atoms with Gasteiger partial charge in [0.2, 0.25) is 5.91 Å². The average molecular weight is 438 g/mol. The third-order valence-electron chi connectivity index (χ3n) is 5.36. The molecule has 0 aliphatic carbocycles. The van der Waals surface area contributed by atoms with Gasteiger partial charge < -0.3 is 0 Å². The smallest absolute Gasteiger partial charge is 0.262 e. The number of carbonyl (C=O) groups excluding carboxylic acids is 4. The first-order chi connectivity index (χ1) is 15.0. The standard InChI is InChI=1S/C22H23N4O4P/c1-3-23(4-2)31-25(15-20(28)26(31)16-10-6-5-7-11-16)19(27)14-24-21(29)17-12-8-9-13-18(17)22(24)30/h5-13H,3-4,14-15H2,1-2H3. The van der Waals surface area contributed by atoms with E-state index in [1.54, 1.807) is 28.9 Å². The van der Waals surface area contributed by atoms with E-state index in [1.165, 1.54) is 4.67 Å². The number of rotatable bonds is 6.